The van der Waals surface area contributed by atoms with Crippen LogP contribution in [0.4, 0.5) is 5.82 Å². The van der Waals surface area contributed by atoms with Crippen molar-refractivity contribution in [2.24, 2.45) is 25.0 Å². The van der Waals surface area contributed by atoms with Crippen LogP contribution in [0, 0.1) is 5.92 Å². The molecule has 2 atom stereocenters. The largest absolute Gasteiger partial charge is 0.459 e. The number of rotatable bonds is 1. The van der Waals surface area contributed by atoms with Gasteiger partial charge in [-0.15, -0.1) is 0 Å². The highest BCUT2D eigenvalue weighted by atomic mass is 79.9. The first kappa shape index (κ1) is 16.0. The second kappa shape index (κ2) is 5.52. The number of carbonyl (C=O) groups excluding carboxylic acids is 1. The molecular weight excluding hydrogens is 390 g/mol. The van der Waals surface area contributed by atoms with Crippen molar-refractivity contribution in [1.82, 2.24) is 9.13 Å². The Labute approximate surface area is 150 Å². The fourth-order valence-corrected chi connectivity index (χ4v) is 3.94. The minimum atomic E-state index is -0.646. The summed E-state index contributed by atoms with van der Waals surface area (Å²) in [5, 5.41) is 0. The van der Waals surface area contributed by atoms with E-state index in [2.05, 4.69) is 20.9 Å². The molecule has 2 aliphatic heterocycles. The molecule has 0 saturated carbocycles. The number of aromatic nitrogens is 2. The molecule has 2 aliphatic rings. The van der Waals surface area contributed by atoms with Crippen molar-refractivity contribution in [2.45, 2.75) is 5.92 Å². The molecule has 1 saturated heterocycles. The molecule has 0 radical (unpaired) electrons. The third kappa shape index (κ3) is 2.24. The third-order valence-electron chi connectivity index (χ3n) is 4.74. The van der Waals surface area contributed by atoms with Gasteiger partial charge < -0.3 is 4.74 Å². The molecule has 7 nitrogen and oxygen atoms in total. The smallest absolute Gasteiger partial charge is 0.332 e. The highest BCUT2D eigenvalue weighted by Gasteiger charge is 2.46. The van der Waals surface area contributed by atoms with Gasteiger partial charge in [-0.2, -0.15) is 0 Å². The van der Waals surface area contributed by atoms with E-state index < -0.39 is 29.1 Å². The molecule has 1 fully saturated rings. The maximum atomic E-state index is 12.9. The molecule has 0 N–H and O–H groups in total. The van der Waals surface area contributed by atoms with Gasteiger partial charge >= 0.3 is 11.7 Å². The summed E-state index contributed by atoms with van der Waals surface area (Å²) >= 11 is 3.43. The summed E-state index contributed by atoms with van der Waals surface area (Å²) in [5.41, 5.74) is 0.791. The van der Waals surface area contributed by atoms with Crippen LogP contribution in [0.5, 0.6) is 0 Å². The van der Waals surface area contributed by atoms with Crippen LogP contribution in [0.3, 0.4) is 0 Å². The first-order chi connectivity index (χ1) is 11.9. The van der Waals surface area contributed by atoms with Gasteiger partial charge in [0.25, 0.3) is 5.56 Å². The molecule has 0 spiro atoms. The van der Waals surface area contributed by atoms with E-state index in [0.717, 1.165) is 14.6 Å². The van der Waals surface area contributed by atoms with E-state index in [9.17, 15) is 14.4 Å². The molecule has 4 rings (SSSR count). The zero-order valence-corrected chi connectivity index (χ0v) is 15.1. The standard InChI is InChI=1S/C17H14BrN3O4/c1-20-14-13(15(22)21(2)17(20)24)11(8-4-3-5-9(18)6-8)12-10(19-14)7-25-16(12)23/h3-6,11-12H,7H2,1-2H3. The Kier molecular flexibility index (Phi) is 3.54. The Bertz CT molecular complexity index is 1070. The predicted octanol–water partition coefficient (Wildman–Crippen LogP) is 1.24. The minimum absolute atomic E-state index is 0.0802. The first-order valence-electron chi connectivity index (χ1n) is 7.69. The number of aliphatic imine (C=N–C) groups is 1. The van der Waals surface area contributed by atoms with Gasteiger partial charge in [-0.25, -0.2) is 9.79 Å². The summed E-state index contributed by atoms with van der Waals surface area (Å²) in [6, 6.07) is 7.44. The number of cyclic esters (lactones) is 1. The molecule has 0 bridgehead atoms. The average Bonchev–Trinajstić information content (AvgIpc) is 2.97. The Hall–Kier alpha value is -2.48. The van der Waals surface area contributed by atoms with Crippen LogP contribution in [-0.2, 0) is 23.6 Å². The molecule has 128 valence electrons. The topological polar surface area (TPSA) is 82.7 Å². The highest BCUT2D eigenvalue weighted by molar-refractivity contribution is 9.10. The number of ether oxygens (including phenoxy) is 1. The van der Waals surface area contributed by atoms with Gasteiger partial charge in [0.2, 0.25) is 0 Å². The van der Waals surface area contributed by atoms with Gasteiger partial charge in [0.1, 0.15) is 18.3 Å². The summed E-state index contributed by atoms with van der Waals surface area (Å²) in [6.45, 7) is 0.0802. The van der Waals surface area contributed by atoms with Gasteiger partial charge in [0.05, 0.1) is 11.3 Å². The van der Waals surface area contributed by atoms with Crippen LogP contribution in [0.2, 0.25) is 0 Å². The highest BCUT2D eigenvalue weighted by Crippen LogP contribution is 2.42. The number of carbonyl (C=O) groups is 1. The predicted molar refractivity (Wildman–Crippen MR) is 94.5 cm³/mol. The fourth-order valence-electron chi connectivity index (χ4n) is 3.52. The second-order valence-electron chi connectivity index (χ2n) is 6.16. The van der Waals surface area contributed by atoms with Crippen molar-refractivity contribution in [2.75, 3.05) is 6.61 Å². The Morgan fingerprint density at radius 2 is 1.92 bits per heavy atom. The van der Waals surface area contributed by atoms with Crippen LogP contribution in [-0.4, -0.2) is 27.4 Å². The summed E-state index contributed by atoms with van der Waals surface area (Å²) in [7, 11) is 3.00. The van der Waals surface area contributed by atoms with E-state index in [1.807, 2.05) is 24.3 Å². The summed E-state index contributed by atoms with van der Waals surface area (Å²) in [6.07, 6.45) is 0. The van der Waals surface area contributed by atoms with Gasteiger partial charge in [-0.3, -0.25) is 18.7 Å². The lowest BCUT2D eigenvalue weighted by molar-refractivity contribution is -0.141. The molecule has 2 aromatic rings. The molecule has 8 heteroatoms. The van der Waals surface area contributed by atoms with Gasteiger partial charge in [-0.1, -0.05) is 28.1 Å². The molecular formula is C17H14BrN3O4. The van der Waals surface area contributed by atoms with Crippen molar-refractivity contribution in [3.63, 3.8) is 0 Å². The lowest BCUT2D eigenvalue weighted by atomic mass is 9.78. The monoisotopic (exact) mass is 403 g/mol. The van der Waals surface area contributed by atoms with Crippen LogP contribution >= 0.6 is 15.9 Å². The van der Waals surface area contributed by atoms with Gasteiger partial charge in [0, 0.05) is 24.5 Å². The quantitative estimate of drug-likeness (QED) is 0.670. The molecule has 2 unspecified atom stereocenters. The van der Waals surface area contributed by atoms with E-state index in [4.69, 9.17) is 4.74 Å². The molecule has 0 aliphatic carbocycles. The lowest BCUT2D eigenvalue weighted by Gasteiger charge is -2.28. The zero-order valence-electron chi connectivity index (χ0n) is 13.5. The number of hydrogen-bond donors (Lipinski definition) is 0. The molecule has 3 heterocycles. The number of esters is 1. The van der Waals surface area contributed by atoms with Crippen LogP contribution in [0.25, 0.3) is 0 Å². The number of benzene rings is 1. The Morgan fingerprint density at radius 1 is 1.16 bits per heavy atom. The van der Waals surface area contributed by atoms with Crippen molar-refractivity contribution in [3.8, 4) is 0 Å². The van der Waals surface area contributed by atoms with Crippen LogP contribution in [0.1, 0.15) is 17.0 Å². The Morgan fingerprint density at radius 3 is 2.64 bits per heavy atom. The van der Waals surface area contributed by atoms with Crippen molar-refractivity contribution in [1.29, 1.82) is 0 Å². The number of nitrogens with zero attached hydrogens (tertiary/aromatic N) is 3. The maximum Gasteiger partial charge on any atom is 0.332 e. The van der Waals surface area contributed by atoms with E-state index in [1.54, 1.807) is 7.05 Å². The van der Waals surface area contributed by atoms with Crippen molar-refractivity contribution in [3.05, 3.63) is 60.7 Å². The van der Waals surface area contributed by atoms with E-state index in [-0.39, 0.29) is 6.61 Å². The zero-order chi connectivity index (χ0) is 17.9. The summed E-state index contributed by atoms with van der Waals surface area (Å²) in [4.78, 5) is 41.9. The van der Waals surface area contributed by atoms with E-state index in [0.29, 0.717) is 17.1 Å². The van der Waals surface area contributed by atoms with Gasteiger partial charge in [0.15, 0.2) is 0 Å². The van der Waals surface area contributed by atoms with E-state index >= 15 is 0 Å². The van der Waals surface area contributed by atoms with Crippen LogP contribution < -0.4 is 11.2 Å². The number of hydrogen-bond acceptors (Lipinski definition) is 5. The SMILES string of the molecule is Cn1c2c(c(=O)n(C)c1=O)C(c1cccc(Br)c1)C1C(=O)OCC1=N2. The second-order valence-corrected chi connectivity index (χ2v) is 7.08. The Balaban J connectivity index is 2.10. The minimum Gasteiger partial charge on any atom is -0.459 e. The van der Waals surface area contributed by atoms with Crippen molar-refractivity contribution >= 4 is 33.4 Å². The average molecular weight is 404 g/mol. The van der Waals surface area contributed by atoms with Crippen LogP contribution in [0.15, 0.2) is 43.3 Å². The van der Waals surface area contributed by atoms with Gasteiger partial charge in [-0.05, 0) is 17.7 Å². The van der Waals surface area contributed by atoms with Crippen molar-refractivity contribution < 1.29 is 9.53 Å². The molecule has 1 aromatic carbocycles. The lowest BCUT2D eigenvalue weighted by Crippen LogP contribution is -2.43. The molecule has 0 amide bonds. The number of halogens is 1. The third-order valence-corrected chi connectivity index (χ3v) is 5.24. The number of fused-ring (bicyclic) bond motifs is 2. The molecule has 1 aromatic heterocycles. The summed E-state index contributed by atoms with van der Waals surface area (Å²) < 4.78 is 8.40. The fraction of sp³-hybridized carbons (Fsp3) is 0.294. The normalized spacial score (nSPS) is 21.4. The maximum absolute atomic E-state index is 12.9. The molecule has 25 heavy (non-hydrogen) atoms. The first-order valence-corrected chi connectivity index (χ1v) is 8.49. The van der Waals surface area contributed by atoms with E-state index in [1.165, 1.54) is 11.6 Å². The summed E-state index contributed by atoms with van der Waals surface area (Å²) in [5.74, 6) is -1.29.